The quantitative estimate of drug-likeness (QED) is 0.619. The summed E-state index contributed by atoms with van der Waals surface area (Å²) in [6.45, 7) is 2.80. The first-order chi connectivity index (χ1) is 15.2. The third-order valence-electron chi connectivity index (χ3n) is 5.02. The summed E-state index contributed by atoms with van der Waals surface area (Å²) >= 11 is 5.91. The molecule has 6 nitrogen and oxygen atoms in total. The van der Waals surface area contributed by atoms with Crippen LogP contribution < -0.4 is 15.4 Å². The van der Waals surface area contributed by atoms with E-state index in [1.807, 2.05) is 24.3 Å². The molecule has 1 saturated heterocycles. The van der Waals surface area contributed by atoms with Crippen LogP contribution in [0, 0.1) is 5.92 Å². The zero-order valence-electron chi connectivity index (χ0n) is 17.1. The van der Waals surface area contributed by atoms with Gasteiger partial charge in [0.15, 0.2) is 0 Å². The predicted molar refractivity (Wildman–Crippen MR) is 113 cm³/mol. The minimum Gasteiger partial charge on any atom is -0.406 e. The molecule has 1 aliphatic rings. The first kappa shape index (κ1) is 23.9. The van der Waals surface area contributed by atoms with Crippen LogP contribution in [0.15, 0.2) is 48.5 Å². The topological polar surface area (TPSA) is 70.7 Å². The lowest BCUT2D eigenvalue weighted by atomic mass is 10.1. The molecule has 2 N–H and O–H groups in total. The molecule has 1 aliphatic heterocycles. The third-order valence-corrected chi connectivity index (χ3v) is 5.27. The van der Waals surface area contributed by atoms with Crippen LogP contribution in [0.4, 0.5) is 13.2 Å². The summed E-state index contributed by atoms with van der Waals surface area (Å²) in [4.78, 5) is 26.5. The predicted octanol–water partition coefficient (Wildman–Crippen LogP) is 3.61. The van der Waals surface area contributed by atoms with E-state index in [1.165, 1.54) is 17.7 Å². The number of benzene rings is 2. The first-order valence-corrected chi connectivity index (χ1v) is 10.4. The average Bonchev–Trinajstić information content (AvgIpc) is 3.18. The van der Waals surface area contributed by atoms with Gasteiger partial charge < -0.3 is 15.4 Å². The highest BCUT2D eigenvalue weighted by atomic mass is 35.5. The molecular formula is C22H23ClF3N3O3. The number of halogens is 4. The van der Waals surface area contributed by atoms with E-state index >= 15 is 0 Å². The van der Waals surface area contributed by atoms with Gasteiger partial charge in [-0.3, -0.25) is 14.5 Å². The summed E-state index contributed by atoms with van der Waals surface area (Å²) in [5, 5.41) is 5.89. The number of rotatable bonds is 8. The van der Waals surface area contributed by atoms with Crippen LogP contribution in [-0.4, -0.2) is 49.3 Å². The van der Waals surface area contributed by atoms with Crippen molar-refractivity contribution in [2.24, 2.45) is 5.92 Å². The molecule has 0 spiro atoms. The van der Waals surface area contributed by atoms with Gasteiger partial charge in [0.1, 0.15) is 5.75 Å². The lowest BCUT2D eigenvalue weighted by Gasteiger charge is -2.16. The third kappa shape index (κ3) is 7.72. The van der Waals surface area contributed by atoms with Gasteiger partial charge in [0.05, 0.1) is 6.54 Å². The molecule has 0 saturated carbocycles. The van der Waals surface area contributed by atoms with E-state index in [9.17, 15) is 22.8 Å². The maximum absolute atomic E-state index is 12.3. The second-order valence-electron chi connectivity index (χ2n) is 7.58. The molecule has 0 radical (unpaired) electrons. The molecule has 2 aromatic rings. The fourth-order valence-electron chi connectivity index (χ4n) is 3.49. The fourth-order valence-corrected chi connectivity index (χ4v) is 3.61. The van der Waals surface area contributed by atoms with Crippen LogP contribution in [-0.2, 0) is 11.3 Å². The Balaban J connectivity index is 1.38. The molecular weight excluding hydrogens is 447 g/mol. The molecule has 2 amide bonds. The SMILES string of the molecule is O=C(CNC(=O)c1cccc(OC(F)(F)F)c1)NCC1CCN(Cc2ccc(Cl)cc2)C1. The molecule has 1 fully saturated rings. The lowest BCUT2D eigenvalue weighted by molar-refractivity contribution is -0.274. The molecule has 32 heavy (non-hydrogen) atoms. The van der Waals surface area contributed by atoms with Crippen molar-refractivity contribution in [2.45, 2.75) is 19.3 Å². The standard InChI is InChI=1S/C22H23ClF3N3O3/c23-18-6-4-15(5-7-18)13-29-9-8-16(14-29)11-27-20(30)12-28-21(31)17-2-1-3-19(10-17)32-22(24,25)26/h1-7,10,16H,8-9,11-14H2,(H,27,30)(H,28,31). The van der Waals surface area contributed by atoms with Gasteiger partial charge in [-0.25, -0.2) is 0 Å². The summed E-state index contributed by atoms with van der Waals surface area (Å²) in [6.07, 6.45) is -3.90. The number of nitrogens with one attached hydrogen (secondary N) is 2. The molecule has 1 atom stereocenters. The molecule has 1 unspecified atom stereocenters. The Hall–Kier alpha value is -2.78. The van der Waals surface area contributed by atoms with E-state index in [-0.39, 0.29) is 18.0 Å². The number of ether oxygens (including phenoxy) is 1. The highest BCUT2D eigenvalue weighted by Crippen LogP contribution is 2.23. The summed E-state index contributed by atoms with van der Waals surface area (Å²) in [5.74, 6) is -1.22. The van der Waals surface area contributed by atoms with Crippen LogP contribution in [0.2, 0.25) is 5.02 Å². The first-order valence-electron chi connectivity index (χ1n) is 10.1. The van der Waals surface area contributed by atoms with Gasteiger partial charge in [0, 0.05) is 30.2 Å². The second kappa shape index (κ2) is 10.7. The van der Waals surface area contributed by atoms with Gasteiger partial charge >= 0.3 is 6.36 Å². The van der Waals surface area contributed by atoms with Crippen molar-refractivity contribution >= 4 is 23.4 Å². The Labute approximate surface area is 188 Å². The van der Waals surface area contributed by atoms with Crippen molar-refractivity contribution in [3.8, 4) is 5.75 Å². The van der Waals surface area contributed by atoms with Crippen molar-refractivity contribution in [3.63, 3.8) is 0 Å². The molecule has 2 aromatic carbocycles. The van der Waals surface area contributed by atoms with Crippen molar-refractivity contribution in [1.29, 1.82) is 0 Å². The number of carbonyl (C=O) groups excluding carboxylic acids is 2. The van der Waals surface area contributed by atoms with Crippen LogP contribution in [0.1, 0.15) is 22.3 Å². The molecule has 10 heteroatoms. The maximum atomic E-state index is 12.3. The number of alkyl halides is 3. The Kier molecular flexibility index (Phi) is 7.98. The summed E-state index contributed by atoms with van der Waals surface area (Å²) in [5.41, 5.74) is 1.14. The summed E-state index contributed by atoms with van der Waals surface area (Å²) < 4.78 is 40.7. The number of likely N-dealkylation sites (tertiary alicyclic amines) is 1. The number of hydrogen-bond acceptors (Lipinski definition) is 4. The summed E-state index contributed by atoms with van der Waals surface area (Å²) in [6, 6.07) is 12.4. The van der Waals surface area contributed by atoms with E-state index in [2.05, 4.69) is 20.3 Å². The highest BCUT2D eigenvalue weighted by molar-refractivity contribution is 6.30. The van der Waals surface area contributed by atoms with Gasteiger partial charge in [-0.15, -0.1) is 13.2 Å². The van der Waals surface area contributed by atoms with Gasteiger partial charge in [-0.05, 0) is 54.8 Å². The van der Waals surface area contributed by atoms with Crippen molar-refractivity contribution < 1.29 is 27.5 Å². The molecule has 172 valence electrons. The minimum absolute atomic E-state index is 0.0341. The maximum Gasteiger partial charge on any atom is 0.573 e. The zero-order chi connectivity index (χ0) is 23.1. The largest absolute Gasteiger partial charge is 0.573 e. The van der Waals surface area contributed by atoms with E-state index < -0.39 is 18.0 Å². The molecule has 1 heterocycles. The average molecular weight is 470 g/mol. The fraction of sp³-hybridized carbons (Fsp3) is 0.364. The lowest BCUT2D eigenvalue weighted by Crippen LogP contribution is -2.39. The second-order valence-corrected chi connectivity index (χ2v) is 8.02. The number of hydrogen-bond donors (Lipinski definition) is 2. The van der Waals surface area contributed by atoms with Crippen molar-refractivity contribution in [3.05, 3.63) is 64.7 Å². The van der Waals surface area contributed by atoms with E-state index in [1.54, 1.807) is 0 Å². The molecule has 0 aromatic heterocycles. The van der Waals surface area contributed by atoms with Crippen LogP contribution in [0.3, 0.4) is 0 Å². The Morgan fingerprint density at radius 3 is 2.59 bits per heavy atom. The molecule has 3 rings (SSSR count). The van der Waals surface area contributed by atoms with Crippen LogP contribution in [0.25, 0.3) is 0 Å². The molecule has 0 bridgehead atoms. The normalized spacial score (nSPS) is 16.6. The minimum atomic E-state index is -4.85. The van der Waals surface area contributed by atoms with Crippen LogP contribution >= 0.6 is 11.6 Å². The number of amides is 2. The Bertz CT molecular complexity index is 938. The Morgan fingerprint density at radius 2 is 1.88 bits per heavy atom. The summed E-state index contributed by atoms with van der Waals surface area (Å²) in [7, 11) is 0. The monoisotopic (exact) mass is 469 g/mol. The van der Waals surface area contributed by atoms with Crippen molar-refractivity contribution in [2.75, 3.05) is 26.2 Å². The molecule has 0 aliphatic carbocycles. The van der Waals surface area contributed by atoms with E-state index in [4.69, 9.17) is 11.6 Å². The highest BCUT2D eigenvalue weighted by Gasteiger charge is 2.31. The van der Waals surface area contributed by atoms with Crippen LogP contribution in [0.5, 0.6) is 5.75 Å². The smallest absolute Gasteiger partial charge is 0.406 e. The van der Waals surface area contributed by atoms with Gasteiger partial charge in [0.25, 0.3) is 5.91 Å². The van der Waals surface area contributed by atoms with Gasteiger partial charge in [-0.2, -0.15) is 0 Å². The van der Waals surface area contributed by atoms with Crippen molar-refractivity contribution in [1.82, 2.24) is 15.5 Å². The van der Waals surface area contributed by atoms with E-state index in [0.717, 1.165) is 38.2 Å². The zero-order valence-corrected chi connectivity index (χ0v) is 17.9. The van der Waals surface area contributed by atoms with E-state index in [0.29, 0.717) is 17.5 Å². The number of carbonyl (C=O) groups is 2. The van der Waals surface area contributed by atoms with Gasteiger partial charge in [0.2, 0.25) is 5.91 Å². The van der Waals surface area contributed by atoms with Gasteiger partial charge in [-0.1, -0.05) is 29.8 Å². The number of nitrogens with zero attached hydrogens (tertiary/aromatic N) is 1. The Morgan fingerprint density at radius 1 is 1.12 bits per heavy atom.